The second kappa shape index (κ2) is 9.62. The summed E-state index contributed by atoms with van der Waals surface area (Å²) >= 11 is 0. The Balaban J connectivity index is 1.64. The molecule has 1 atom stereocenters. The molecule has 170 valence electrons. The Morgan fingerprint density at radius 1 is 0.939 bits per heavy atom. The highest BCUT2D eigenvalue weighted by molar-refractivity contribution is 5.82. The largest absolute Gasteiger partial charge is 0.350 e. The van der Waals surface area contributed by atoms with E-state index in [1.54, 1.807) is 0 Å². The van der Waals surface area contributed by atoms with E-state index in [1.165, 1.54) is 11.1 Å². The van der Waals surface area contributed by atoms with Gasteiger partial charge in [0.05, 0.1) is 0 Å². The molecule has 4 heteroatoms. The van der Waals surface area contributed by atoms with Crippen LogP contribution in [0.25, 0.3) is 5.57 Å². The Kier molecular flexibility index (Phi) is 6.64. The van der Waals surface area contributed by atoms with E-state index in [9.17, 15) is 9.59 Å². The Morgan fingerprint density at radius 3 is 2.27 bits per heavy atom. The van der Waals surface area contributed by atoms with Crippen molar-refractivity contribution < 1.29 is 4.79 Å². The Hall–Kier alpha value is -3.40. The third-order valence-corrected chi connectivity index (χ3v) is 6.27. The quantitative estimate of drug-likeness (QED) is 0.556. The van der Waals surface area contributed by atoms with Gasteiger partial charge in [0.15, 0.2) is 0 Å². The third kappa shape index (κ3) is 5.70. The fourth-order valence-electron chi connectivity index (χ4n) is 4.24. The van der Waals surface area contributed by atoms with E-state index in [0.717, 1.165) is 35.2 Å². The molecule has 1 amide bonds. The number of hydrogen-bond donors (Lipinski definition) is 2. The summed E-state index contributed by atoms with van der Waals surface area (Å²) in [5, 5.41) is 3.02. The van der Waals surface area contributed by atoms with Crippen LogP contribution in [0.4, 0.5) is 0 Å². The van der Waals surface area contributed by atoms with E-state index in [2.05, 4.69) is 73.5 Å². The number of H-pyrrole nitrogens is 1. The molecule has 1 aliphatic rings. The second-order valence-electron chi connectivity index (χ2n) is 9.83. The van der Waals surface area contributed by atoms with Crippen LogP contribution in [-0.4, -0.2) is 16.9 Å². The highest BCUT2D eigenvalue weighted by atomic mass is 16.2. The van der Waals surface area contributed by atoms with Crippen LogP contribution >= 0.6 is 0 Å². The Labute approximate surface area is 195 Å². The maximum Gasteiger partial charge on any atom is 0.251 e. The highest BCUT2D eigenvalue weighted by Crippen LogP contribution is 2.28. The molecule has 0 spiro atoms. The lowest BCUT2D eigenvalue weighted by molar-refractivity contribution is -0.119. The lowest BCUT2D eigenvalue weighted by atomic mass is 9.86. The number of hydrogen-bond acceptors (Lipinski definition) is 2. The van der Waals surface area contributed by atoms with E-state index in [4.69, 9.17) is 0 Å². The summed E-state index contributed by atoms with van der Waals surface area (Å²) in [6.07, 6.45) is 4.89. The maximum absolute atomic E-state index is 12.9. The van der Waals surface area contributed by atoms with Crippen LogP contribution in [0.5, 0.6) is 0 Å². The van der Waals surface area contributed by atoms with E-state index in [1.807, 2.05) is 30.3 Å². The van der Waals surface area contributed by atoms with Gasteiger partial charge in [0.1, 0.15) is 0 Å². The summed E-state index contributed by atoms with van der Waals surface area (Å²) in [6, 6.07) is 22.6. The zero-order chi connectivity index (χ0) is 23.4. The highest BCUT2D eigenvalue weighted by Gasteiger charge is 2.21. The fraction of sp³-hybridized carbons (Fsp3) is 0.310. The van der Waals surface area contributed by atoms with Crippen molar-refractivity contribution in [2.24, 2.45) is 0 Å². The molecule has 33 heavy (non-hydrogen) atoms. The van der Waals surface area contributed by atoms with E-state index >= 15 is 0 Å². The van der Waals surface area contributed by atoms with Gasteiger partial charge in [-0.3, -0.25) is 9.59 Å². The minimum atomic E-state index is -0.0592. The number of nitrogens with one attached hydrogen (secondary N) is 2. The van der Waals surface area contributed by atoms with Crippen molar-refractivity contribution in [1.29, 1.82) is 0 Å². The molecular weight excluding hydrogens is 408 g/mol. The van der Waals surface area contributed by atoms with Crippen molar-refractivity contribution in [3.63, 3.8) is 0 Å². The summed E-state index contributed by atoms with van der Waals surface area (Å²) in [6.45, 7) is 6.58. The molecule has 2 N–H and O–H groups in total. The first-order valence-electron chi connectivity index (χ1n) is 11.7. The molecule has 0 bridgehead atoms. The number of amides is 1. The fourth-order valence-corrected chi connectivity index (χ4v) is 4.24. The van der Waals surface area contributed by atoms with Crippen LogP contribution in [0.15, 0.2) is 77.6 Å². The number of rotatable bonds is 6. The van der Waals surface area contributed by atoms with Gasteiger partial charge in [0.2, 0.25) is 5.91 Å². The average molecular weight is 441 g/mol. The first-order chi connectivity index (χ1) is 15.8. The summed E-state index contributed by atoms with van der Waals surface area (Å²) in [5.74, 6) is 0.0726. The molecule has 0 saturated carbocycles. The van der Waals surface area contributed by atoms with Gasteiger partial charge in [0, 0.05) is 29.3 Å². The molecule has 1 aliphatic heterocycles. The van der Waals surface area contributed by atoms with E-state index < -0.39 is 0 Å². The first-order valence-corrected chi connectivity index (χ1v) is 11.7. The minimum Gasteiger partial charge on any atom is -0.350 e. The predicted molar refractivity (Wildman–Crippen MR) is 134 cm³/mol. The van der Waals surface area contributed by atoms with Gasteiger partial charge in [-0.2, -0.15) is 0 Å². The standard InChI is InChI=1S/C29H32N2O2/c1-29(2,3)23-14-11-21(12-15-23)25(19-24-16-18-27(32)30-24)26-17-13-22(28(33)31-26)10-9-20-7-5-4-6-8-20/h4-8,11-15,17,19,24H,9-10,16,18H2,1-3H3,(H,30,32)(H,31,33)/b25-19+/t24-/m1/s1. The molecule has 4 nitrogen and oxygen atoms in total. The van der Waals surface area contributed by atoms with Crippen LogP contribution in [-0.2, 0) is 23.1 Å². The molecule has 2 aromatic carbocycles. The van der Waals surface area contributed by atoms with Gasteiger partial charge in [-0.1, -0.05) is 87.5 Å². The number of benzene rings is 2. The Morgan fingerprint density at radius 2 is 1.67 bits per heavy atom. The zero-order valence-corrected chi connectivity index (χ0v) is 19.7. The maximum atomic E-state index is 12.9. The SMILES string of the molecule is CC(C)(C)c1ccc(/C(=C\[C@H]2CCC(=O)N2)c2ccc(CCc3ccccc3)c(=O)[nH]2)cc1. The zero-order valence-electron chi connectivity index (χ0n) is 19.7. The van der Waals surface area contributed by atoms with Crippen LogP contribution in [0, 0.1) is 0 Å². The number of carbonyl (C=O) groups is 1. The van der Waals surface area contributed by atoms with E-state index in [0.29, 0.717) is 12.8 Å². The van der Waals surface area contributed by atoms with Gasteiger partial charge >= 0.3 is 0 Å². The van der Waals surface area contributed by atoms with Gasteiger partial charge in [-0.05, 0) is 47.4 Å². The molecule has 1 aromatic heterocycles. The van der Waals surface area contributed by atoms with Crippen molar-refractivity contribution in [1.82, 2.24) is 10.3 Å². The average Bonchev–Trinajstić information content (AvgIpc) is 3.21. The minimum absolute atomic E-state index is 0.0314. The number of carbonyl (C=O) groups excluding carboxylic acids is 1. The lowest BCUT2D eigenvalue weighted by Crippen LogP contribution is -2.24. The van der Waals surface area contributed by atoms with Crippen molar-refractivity contribution in [2.75, 3.05) is 0 Å². The molecule has 0 radical (unpaired) electrons. The van der Waals surface area contributed by atoms with Crippen molar-refractivity contribution in [3.8, 4) is 0 Å². The first kappa shape index (κ1) is 22.8. The second-order valence-corrected chi connectivity index (χ2v) is 9.83. The van der Waals surface area contributed by atoms with Gasteiger partial charge in [-0.25, -0.2) is 0 Å². The third-order valence-electron chi connectivity index (χ3n) is 6.27. The molecule has 3 aromatic rings. The number of aromatic nitrogens is 1. The van der Waals surface area contributed by atoms with Crippen molar-refractivity contribution in [3.05, 3.63) is 111 Å². The lowest BCUT2D eigenvalue weighted by Gasteiger charge is -2.20. The molecule has 1 saturated heterocycles. The molecule has 1 fully saturated rings. The summed E-state index contributed by atoms with van der Waals surface area (Å²) in [4.78, 5) is 27.8. The normalized spacial score (nSPS) is 16.6. The van der Waals surface area contributed by atoms with Gasteiger partial charge < -0.3 is 10.3 Å². The topological polar surface area (TPSA) is 62.0 Å². The number of aromatic amines is 1. The monoisotopic (exact) mass is 440 g/mol. The van der Waals surface area contributed by atoms with Crippen LogP contribution in [0.3, 0.4) is 0 Å². The number of aryl methyl sites for hydroxylation is 2. The van der Waals surface area contributed by atoms with Crippen molar-refractivity contribution >= 4 is 11.5 Å². The molecular formula is C29H32N2O2. The van der Waals surface area contributed by atoms with Crippen molar-refractivity contribution in [2.45, 2.75) is 57.9 Å². The summed E-state index contributed by atoms with van der Waals surface area (Å²) < 4.78 is 0. The summed E-state index contributed by atoms with van der Waals surface area (Å²) in [5.41, 5.74) is 5.99. The molecule has 4 rings (SSSR count). The van der Waals surface area contributed by atoms with Gasteiger partial charge in [-0.15, -0.1) is 0 Å². The summed E-state index contributed by atoms with van der Waals surface area (Å²) in [7, 11) is 0. The predicted octanol–water partition coefficient (Wildman–Crippen LogP) is 5.17. The smallest absolute Gasteiger partial charge is 0.251 e. The molecule has 2 heterocycles. The van der Waals surface area contributed by atoms with Crippen LogP contribution < -0.4 is 10.9 Å². The van der Waals surface area contributed by atoms with Crippen LogP contribution in [0.2, 0.25) is 0 Å². The number of pyridine rings is 1. The molecule has 0 unspecified atom stereocenters. The molecule has 0 aliphatic carbocycles. The Bertz CT molecular complexity index is 1200. The van der Waals surface area contributed by atoms with Gasteiger partial charge in [0.25, 0.3) is 5.56 Å². The van der Waals surface area contributed by atoms with E-state index in [-0.39, 0.29) is 22.9 Å². The van der Waals surface area contributed by atoms with Crippen LogP contribution in [0.1, 0.15) is 61.6 Å².